The summed E-state index contributed by atoms with van der Waals surface area (Å²) in [6, 6.07) is 15.8. The molecule has 0 saturated heterocycles. The van der Waals surface area contributed by atoms with Crippen LogP contribution >= 0.6 is 34.7 Å². The lowest BCUT2D eigenvalue weighted by molar-refractivity contribution is -0.113. The summed E-state index contributed by atoms with van der Waals surface area (Å²) in [5.41, 5.74) is 3.18. The highest BCUT2D eigenvalue weighted by molar-refractivity contribution is 7.99. The van der Waals surface area contributed by atoms with Gasteiger partial charge in [0.2, 0.25) is 5.91 Å². The number of rotatable bonds is 9. The molecule has 168 valence electrons. The van der Waals surface area contributed by atoms with E-state index in [9.17, 15) is 4.79 Å². The molecule has 4 rings (SSSR count). The minimum absolute atomic E-state index is 0.149. The fraction of sp³-hybridized carbons (Fsp3) is 0.167. The molecule has 2 aromatic carbocycles. The van der Waals surface area contributed by atoms with Crippen molar-refractivity contribution < 1.29 is 4.79 Å². The Bertz CT molecular complexity index is 1270. The summed E-state index contributed by atoms with van der Waals surface area (Å²) >= 11 is 9.02. The molecule has 0 bridgehead atoms. The molecule has 9 heteroatoms. The zero-order valence-electron chi connectivity index (χ0n) is 18.0. The van der Waals surface area contributed by atoms with Crippen LogP contribution in [0.4, 0.5) is 5.13 Å². The van der Waals surface area contributed by atoms with E-state index in [1.807, 2.05) is 60.0 Å². The molecule has 0 atom stereocenters. The number of nitrogens with one attached hydrogen (secondary N) is 1. The third kappa shape index (κ3) is 5.90. The second-order valence-corrected chi connectivity index (χ2v) is 9.77. The number of thioether (sulfide) groups is 1. The van der Waals surface area contributed by atoms with Crippen LogP contribution < -0.4 is 5.32 Å². The maximum absolute atomic E-state index is 12.5. The Morgan fingerprint density at radius 3 is 2.76 bits per heavy atom. The maximum atomic E-state index is 12.5. The van der Waals surface area contributed by atoms with E-state index in [2.05, 4.69) is 27.1 Å². The van der Waals surface area contributed by atoms with Gasteiger partial charge < -0.3 is 5.32 Å². The number of carbonyl (C=O) groups is 1. The van der Waals surface area contributed by atoms with Gasteiger partial charge in [-0.25, -0.2) is 4.98 Å². The molecule has 0 aliphatic heterocycles. The quantitative estimate of drug-likeness (QED) is 0.232. The van der Waals surface area contributed by atoms with Gasteiger partial charge in [-0.05, 0) is 18.6 Å². The van der Waals surface area contributed by atoms with Gasteiger partial charge in [-0.1, -0.05) is 77.5 Å². The van der Waals surface area contributed by atoms with Crippen LogP contribution in [0.15, 0.2) is 72.5 Å². The fourth-order valence-corrected chi connectivity index (χ4v) is 4.97. The number of carbonyl (C=O) groups excluding carboxylic acids is 1. The van der Waals surface area contributed by atoms with Gasteiger partial charge in [0.1, 0.15) is 0 Å². The van der Waals surface area contributed by atoms with Gasteiger partial charge in [0.05, 0.1) is 5.75 Å². The van der Waals surface area contributed by atoms with E-state index in [0.717, 1.165) is 26.9 Å². The molecule has 0 saturated carbocycles. The van der Waals surface area contributed by atoms with Crippen molar-refractivity contribution in [2.45, 2.75) is 25.0 Å². The Kier molecular flexibility index (Phi) is 7.59. The van der Waals surface area contributed by atoms with Gasteiger partial charge >= 0.3 is 0 Å². The van der Waals surface area contributed by atoms with Crippen molar-refractivity contribution in [3.05, 3.63) is 88.4 Å². The highest BCUT2D eigenvalue weighted by Crippen LogP contribution is 2.26. The molecule has 0 aliphatic rings. The third-order valence-corrected chi connectivity index (χ3v) is 7.04. The lowest BCUT2D eigenvalue weighted by Crippen LogP contribution is -2.14. The largest absolute Gasteiger partial charge is 0.301 e. The first kappa shape index (κ1) is 23.2. The number of halogens is 1. The first-order chi connectivity index (χ1) is 16.0. The number of benzene rings is 2. The summed E-state index contributed by atoms with van der Waals surface area (Å²) < 4.78 is 1.96. The van der Waals surface area contributed by atoms with Crippen molar-refractivity contribution in [1.82, 2.24) is 19.7 Å². The van der Waals surface area contributed by atoms with Gasteiger partial charge in [0, 0.05) is 34.6 Å². The Labute approximate surface area is 205 Å². The van der Waals surface area contributed by atoms with Crippen molar-refractivity contribution in [2.75, 3.05) is 11.1 Å². The molecule has 1 amide bonds. The second-order valence-electron chi connectivity index (χ2n) is 7.31. The number of aryl methyl sites for hydroxylation is 1. The summed E-state index contributed by atoms with van der Waals surface area (Å²) in [4.78, 5) is 17.9. The predicted octanol–water partition coefficient (Wildman–Crippen LogP) is 5.87. The number of hydrogen-bond acceptors (Lipinski definition) is 6. The van der Waals surface area contributed by atoms with Crippen LogP contribution in [0.1, 0.15) is 16.0 Å². The van der Waals surface area contributed by atoms with Gasteiger partial charge in [-0.3, -0.25) is 9.36 Å². The fourth-order valence-electron chi connectivity index (χ4n) is 3.17. The van der Waals surface area contributed by atoms with E-state index in [-0.39, 0.29) is 11.7 Å². The van der Waals surface area contributed by atoms with Crippen molar-refractivity contribution in [3.63, 3.8) is 0 Å². The van der Waals surface area contributed by atoms with Crippen LogP contribution in [0, 0.1) is 6.92 Å². The van der Waals surface area contributed by atoms with Gasteiger partial charge in [-0.2, -0.15) is 0 Å². The second kappa shape index (κ2) is 10.8. The van der Waals surface area contributed by atoms with Gasteiger partial charge in [0.15, 0.2) is 16.1 Å². The van der Waals surface area contributed by atoms with Crippen molar-refractivity contribution in [3.8, 4) is 11.4 Å². The summed E-state index contributed by atoms with van der Waals surface area (Å²) in [6.45, 7) is 6.43. The highest BCUT2D eigenvalue weighted by atomic mass is 35.5. The van der Waals surface area contributed by atoms with Crippen LogP contribution in [0.5, 0.6) is 0 Å². The lowest BCUT2D eigenvalue weighted by Gasteiger charge is -2.08. The van der Waals surface area contributed by atoms with E-state index in [1.165, 1.54) is 28.7 Å². The Morgan fingerprint density at radius 1 is 1.21 bits per heavy atom. The highest BCUT2D eigenvalue weighted by Gasteiger charge is 2.16. The topological polar surface area (TPSA) is 72.7 Å². The SMILES string of the molecule is C=CCn1c(SCC(=O)Nc2ncc(Cc3ccccc3Cl)s2)nnc1-c1ccc(C)cc1. The monoisotopic (exact) mass is 495 g/mol. The Balaban J connectivity index is 1.38. The van der Waals surface area contributed by atoms with E-state index >= 15 is 0 Å². The van der Waals surface area contributed by atoms with Gasteiger partial charge in [0.25, 0.3) is 0 Å². The number of nitrogens with zero attached hydrogens (tertiary/aromatic N) is 4. The molecule has 0 unspecified atom stereocenters. The van der Waals surface area contributed by atoms with Crippen LogP contribution in [0.25, 0.3) is 11.4 Å². The maximum Gasteiger partial charge on any atom is 0.236 e. The molecular formula is C24H22ClN5OS2. The standard InChI is InChI=1S/C24H22ClN5OS2/c1-3-12-30-22(17-10-8-16(2)9-11-17)28-29-24(30)32-15-21(31)27-23-26-14-19(33-23)13-18-6-4-5-7-20(18)25/h3-11,14H,1,12-13,15H2,2H3,(H,26,27,31). The van der Waals surface area contributed by atoms with Crippen LogP contribution in [0.3, 0.4) is 0 Å². The number of thiazole rings is 1. The average molecular weight is 496 g/mol. The average Bonchev–Trinajstić information content (AvgIpc) is 3.41. The summed E-state index contributed by atoms with van der Waals surface area (Å²) in [5.74, 6) is 0.799. The summed E-state index contributed by atoms with van der Waals surface area (Å²) in [6.07, 6.45) is 4.24. The number of aromatic nitrogens is 4. The Hall–Kier alpha value is -2.94. The zero-order chi connectivity index (χ0) is 23.2. The minimum Gasteiger partial charge on any atom is -0.301 e. The van der Waals surface area contributed by atoms with Crippen molar-refractivity contribution in [2.24, 2.45) is 0 Å². The number of amides is 1. The normalized spacial score (nSPS) is 10.8. The van der Waals surface area contributed by atoms with E-state index in [1.54, 1.807) is 12.3 Å². The molecule has 6 nitrogen and oxygen atoms in total. The minimum atomic E-state index is -0.149. The molecule has 0 spiro atoms. The molecular weight excluding hydrogens is 474 g/mol. The first-order valence-electron chi connectivity index (χ1n) is 10.3. The van der Waals surface area contributed by atoms with Gasteiger partial charge in [-0.15, -0.1) is 28.1 Å². The third-order valence-electron chi connectivity index (χ3n) is 4.79. The molecule has 0 fully saturated rings. The Morgan fingerprint density at radius 2 is 2.00 bits per heavy atom. The number of anilines is 1. The molecule has 0 radical (unpaired) electrons. The first-order valence-corrected chi connectivity index (χ1v) is 12.4. The zero-order valence-corrected chi connectivity index (χ0v) is 20.4. The van der Waals surface area contributed by atoms with Crippen LogP contribution in [0.2, 0.25) is 5.02 Å². The molecule has 1 N–H and O–H groups in total. The smallest absolute Gasteiger partial charge is 0.236 e. The van der Waals surface area contributed by atoms with E-state index in [4.69, 9.17) is 11.6 Å². The predicted molar refractivity (Wildman–Crippen MR) is 136 cm³/mol. The van der Waals surface area contributed by atoms with Crippen LogP contribution in [-0.2, 0) is 17.8 Å². The van der Waals surface area contributed by atoms with Crippen LogP contribution in [-0.4, -0.2) is 31.4 Å². The van der Waals surface area contributed by atoms with Crippen molar-refractivity contribution >= 4 is 45.7 Å². The summed E-state index contributed by atoms with van der Waals surface area (Å²) in [5, 5.41) is 13.5. The molecule has 4 aromatic rings. The molecule has 2 heterocycles. The molecule has 2 aromatic heterocycles. The van der Waals surface area contributed by atoms with Crippen molar-refractivity contribution in [1.29, 1.82) is 0 Å². The van der Waals surface area contributed by atoms with E-state index in [0.29, 0.717) is 23.3 Å². The lowest BCUT2D eigenvalue weighted by atomic mass is 10.1. The molecule has 0 aliphatic carbocycles. The number of allylic oxidation sites excluding steroid dienone is 1. The van der Waals surface area contributed by atoms with E-state index < -0.39 is 0 Å². The number of hydrogen-bond donors (Lipinski definition) is 1. The summed E-state index contributed by atoms with van der Waals surface area (Å²) in [7, 11) is 0. The molecule has 33 heavy (non-hydrogen) atoms.